The molecule has 0 spiro atoms. The van der Waals surface area contributed by atoms with Gasteiger partial charge in [0.25, 0.3) is 0 Å². The summed E-state index contributed by atoms with van der Waals surface area (Å²) in [5, 5.41) is 42.5. The molecule has 1 fully saturated rings. The number of aliphatic hydroxyl groups excluding tert-OH is 2. The number of aliphatic hydroxyl groups is 2. The van der Waals surface area contributed by atoms with Gasteiger partial charge in [0.1, 0.15) is 43.0 Å². The normalized spacial score (nSPS) is 25.0. The molecule has 17 heteroatoms. The van der Waals surface area contributed by atoms with Crippen LogP contribution < -0.4 is 22.1 Å². The Morgan fingerprint density at radius 3 is 2.21 bits per heavy atom. The molecular weight excluding hydrogens is 526 g/mol. The molecule has 1 unspecified atom stereocenters. The average Bonchev–Trinajstić information content (AvgIpc) is 2.86. The van der Waals surface area contributed by atoms with Crippen LogP contribution in [0.4, 0.5) is 0 Å². The van der Waals surface area contributed by atoms with Crippen LogP contribution in [0.3, 0.4) is 0 Å². The van der Waals surface area contributed by atoms with E-state index in [1.165, 1.54) is 20.8 Å². The number of ether oxygens (including phenoxy) is 2. The van der Waals surface area contributed by atoms with E-state index in [-0.39, 0.29) is 19.3 Å². The molecule has 0 aromatic rings. The molecule has 1 heterocycles. The molecule has 1 rings (SSSR count). The predicted molar refractivity (Wildman–Crippen MR) is 129 cm³/mol. The fraction of sp³-hybridized carbons (Fsp3) is 0.727. The van der Waals surface area contributed by atoms with Gasteiger partial charge in [-0.3, -0.25) is 24.0 Å². The highest BCUT2D eigenvalue weighted by atomic mass is 16.6. The fourth-order valence-electron chi connectivity index (χ4n) is 3.85. The molecule has 0 aliphatic carbocycles. The summed E-state index contributed by atoms with van der Waals surface area (Å²) in [6, 6.07) is -5.29. The first-order valence-electron chi connectivity index (χ1n) is 12.1. The number of carboxylic acids is 2. The molecule has 1 aliphatic heterocycles. The van der Waals surface area contributed by atoms with Gasteiger partial charge in [-0.2, -0.15) is 0 Å². The standard InChI is InChI=1S/C22H37N5O12/c1-4-14(30)27(21-16(23)18(38-8-15(31)32)17(33)12(7-28)39-21)10(3)20(35)26-11(19(24)34)5-6-13(29)25-9(2)22(36)37/h9-12,16-18,21,28,33H,4-8,23H2,1-3H3,(H2,24,34)(H,25,29)(H,26,35)(H,31,32)(H,36,37)/t9-,10-,11+,12+,16+,17+,18+,21?/m0/s1. The lowest BCUT2D eigenvalue weighted by atomic mass is 9.95. The van der Waals surface area contributed by atoms with Crippen LogP contribution in [0.1, 0.15) is 40.0 Å². The maximum absolute atomic E-state index is 13.1. The number of carbonyl (C=O) groups excluding carboxylic acids is 4. The van der Waals surface area contributed by atoms with Gasteiger partial charge in [-0.25, -0.2) is 4.79 Å². The Kier molecular flexibility index (Phi) is 13.2. The van der Waals surface area contributed by atoms with Crippen LogP contribution in [0.5, 0.6) is 0 Å². The van der Waals surface area contributed by atoms with E-state index in [1.807, 2.05) is 0 Å². The van der Waals surface area contributed by atoms with E-state index in [4.69, 9.17) is 31.2 Å². The molecule has 1 aliphatic rings. The highest BCUT2D eigenvalue weighted by Gasteiger charge is 2.49. The molecule has 0 aromatic carbocycles. The molecular formula is C22H37N5O12. The van der Waals surface area contributed by atoms with Gasteiger partial charge in [0.05, 0.1) is 12.6 Å². The van der Waals surface area contributed by atoms with Crippen LogP contribution in [0.15, 0.2) is 0 Å². The Morgan fingerprint density at radius 2 is 1.72 bits per heavy atom. The van der Waals surface area contributed by atoms with Crippen molar-refractivity contribution < 1.29 is 58.7 Å². The van der Waals surface area contributed by atoms with Gasteiger partial charge in [-0.15, -0.1) is 0 Å². The minimum atomic E-state index is -1.56. The number of aliphatic carboxylic acids is 2. The van der Waals surface area contributed by atoms with E-state index in [0.717, 1.165) is 4.90 Å². The SMILES string of the molecule is CCC(=O)N(C1O[C@H](CO)[C@@H](O)[C@H](OCC(=O)O)[C@H]1N)[C@@H](C)C(=O)N[C@H](CCC(=O)N[C@@H](C)C(=O)O)C(N)=O. The summed E-state index contributed by atoms with van der Waals surface area (Å²) in [6.45, 7) is 2.40. The lowest BCUT2D eigenvalue weighted by molar-refractivity contribution is -0.239. The van der Waals surface area contributed by atoms with E-state index < -0.39 is 97.5 Å². The molecule has 0 radical (unpaired) electrons. The highest BCUT2D eigenvalue weighted by Crippen LogP contribution is 2.26. The maximum atomic E-state index is 13.1. The van der Waals surface area contributed by atoms with Crippen LogP contribution in [0.25, 0.3) is 0 Å². The van der Waals surface area contributed by atoms with Crippen LogP contribution >= 0.6 is 0 Å². The van der Waals surface area contributed by atoms with Crippen molar-refractivity contribution in [2.75, 3.05) is 13.2 Å². The van der Waals surface area contributed by atoms with Crippen molar-refractivity contribution in [3.05, 3.63) is 0 Å². The molecule has 222 valence electrons. The van der Waals surface area contributed by atoms with Crippen molar-refractivity contribution in [3.63, 3.8) is 0 Å². The monoisotopic (exact) mass is 563 g/mol. The lowest BCUT2D eigenvalue weighted by Gasteiger charge is -2.47. The Labute approximate surface area is 223 Å². The first-order chi connectivity index (χ1) is 18.2. The van der Waals surface area contributed by atoms with Gasteiger partial charge in [0.15, 0.2) is 6.23 Å². The number of hydrogen-bond acceptors (Lipinski definition) is 11. The summed E-state index contributed by atoms with van der Waals surface area (Å²) >= 11 is 0. The van der Waals surface area contributed by atoms with Gasteiger partial charge >= 0.3 is 11.9 Å². The number of nitrogens with one attached hydrogen (secondary N) is 2. The molecule has 39 heavy (non-hydrogen) atoms. The number of rotatable bonds is 15. The van der Waals surface area contributed by atoms with E-state index in [0.29, 0.717) is 0 Å². The summed E-state index contributed by atoms with van der Waals surface area (Å²) in [4.78, 5) is 72.7. The molecule has 0 bridgehead atoms. The predicted octanol–water partition coefficient (Wildman–Crippen LogP) is -4.17. The minimum absolute atomic E-state index is 0.141. The first kappa shape index (κ1) is 33.6. The number of nitrogens with zero attached hydrogens (tertiary/aromatic N) is 1. The number of amides is 4. The van der Waals surface area contributed by atoms with E-state index in [1.54, 1.807) is 0 Å². The van der Waals surface area contributed by atoms with Crippen LogP contribution in [-0.2, 0) is 38.2 Å². The van der Waals surface area contributed by atoms with Gasteiger partial charge in [-0.05, 0) is 20.3 Å². The average molecular weight is 564 g/mol. The number of carbonyl (C=O) groups is 6. The van der Waals surface area contributed by atoms with Crippen molar-refractivity contribution in [1.82, 2.24) is 15.5 Å². The second-order valence-electron chi connectivity index (χ2n) is 8.95. The quantitative estimate of drug-likeness (QED) is 0.0939. The Morgan fingerprint density at radius 1 is 1.10 bits per heavy atom. The summed E-state index contributed by atoms with van der Waals surface area (Å²) in [5.41, 5.74) is 11.5. The number of carboxylic acid groups (broad SMARTS) is 2. The number of hydrogen-bond donors (Lipinski definition) is 8. The van der Waals surface area contributed by atoms with E-state index in [2.05, 4.69) is 10.6 Å². The largest absolute Gasteiger partial charge is 0.480 e. The third-order valence-corrected chi connectivity index (χ3v) is 6.05. The summed E-state index contributed by atoms with van der Waals surface area (Å²) in [6.07, 6.45) is -6.54. The first-order valence-corrected chi connectivity index (χ1v) is 12.1. The van der Waals surface area contributed by atoms with Crippen LogP contribution in [0, 0.1) is 0 Å². The molecule has 8 atom stereocenters. The Balaban J connectivity index is 3.11. The Hall–Kier alpha value is -3.38. The molecule has 0 saturated carbocycles. The van der Waals surface area contributed by atoms with E-state index in [9.17, 15) is 39.0 Å². The van der Waals surface area contributed by atoms with Crippen LogP contribution in [-0.4, -0.2) is 123 Å². The number of nitrogens with two attached hydrogens (primary N) is 2. The molecule has 1 saturated heterocycles. The van der Waals surface area contributed by atoms with Gasteiger partial charge in [0, 0.05) is 12.8 Å². The maximum Gasteiger partial charge on any atom is 0.329 e. The zero-order chi connectivity index (χ0) is 30.0. The van der Waals surface area contributed by atoms with Gasteiger partial charge in [-0.1, -0.05) is 6.92 Å². The molecule has 10 N–H and O–H groups in total. The van der Waals surface area contributed by atoms with Gasteiger partial charge in [0.2, 0.25) is 23.6 Å². The smallest absolute Gasteiger partial charge is 0.329 e. The van der Waals surface area contributed by atoms with Crippen molar-refractivity contribution in [2.45, 2.75) is 88.7 Å². The number of primary amides is 1. The summed E-state index contributed by atoms with van der Waals surface area (Å²) in [7, 11) is 0. The Bertz CT molecular complexity index is 918. The van der Waals surface area contributed by atoms with E-state index >= 15 is 0 Å². The van der Waals surface area contributed by atoms with Crippen molar-refractivity contribution >= 4 is 35.6 Å². The second kappa shape index (κ2) is 15.3. The zero-order valence-electron chi connectivity index (χ0n) is 21.8. The van der Waals surface area contributed by atoms with Crippen molar-refractivity contribution in [3.8, 4) is 0 Å². The molecule has 0 aromatic heterocycles. The minimum Gasteiger partial charge on any atom is -0.480 e. The zero-order valence-corrected chi connectivity index (χ0v) is 21.8. The molecule has 17 nitrogen and oxygen atoms in total. The summed E-state index contributed by atoms with van der Waals surface area (Å²) in [5.74, 6) is -5.89. The summed E-state index contributed by atoms with van der Waals surface area (Å²) < 4.78 is 10.8. The molecule has 4 amide bonds. The van der Waals surface area contributed by atoms with Crippen molar-refractivity contribution in [1.29, 1.82) is 0 Å². The van der Waals surface area contributed by atoms with Crippen LogP contribution in [0.2, 0.25) is 0 Å². The van der Waals surface area contributed by atoms with Gasteiger partial charge < -0.3 is 56.9 Å². The third kappa shape index (κ3) is 9.39. The van der Waals surface area contributed by atoms with Crippen molar-refractivity contribution in [2.24, 2.45) is 11.5 Å². The lowest BCUT2D eigenvalue weighted by Crippen LogP contribution is -2.70. The fourth-order valence-corrected chi connectivity index (χ4v) is 3.85. The topological polar surface area (TPSA) is 281 Å². The third-order valence-electron chi connectivity index (χ3n) is 6.05. The highest BCUT2D eigenvalue weighted by molar-refractivity contribution is 5.92. The second-order valence-corrected chi connectivity index (χ2v) is 8.95.